The Labute approximate surface area is 75.2 Å². The lowest BCUT2D eigenvalue weighted by Crippen LogP contribution is -2.11. The second-order valence-electron chi connectivity index (χ2n) is 0.752. The highest BCUT2D eigenvalue weighted by Gasteiger charge is 1.82. The third-order valence-corrected chi connectivity index (χ3v) is 0.287. The van der Waals surface area contributed by atoms with Crippen LogP contribution >= 0.6 is 0 Å². The van der Waals surface area contributed by atoms with Gasteiger partial charge in [-0.15, -0.1) is 39.5 Å². The molecule has 0 aromatic heterocycles. The summed E-state index contributed by atoms with van der Waals surface area (Å²) in [5, 5.41) is 0. The molecule has 0 rings (SSSR count). The van der Waals surface area contributed by atoms with Crippen molar-refractivity contribution in [3.05, 3.63) is 39.5 Å². The van der Waals surface area contributed by atoms with Gasteiger partial charge < -0.3 is 10.5 Å². The van der Waals surface area contributed by atoms with E-state index in [1.807, 2.05) is 0 Å². The average Bonchev–Trinajstić information content (AvgIpc) is 2.14. The van der Waals surface area contributed by atoms with E-state index >= 15 is 0 Å². The summed E-state index contributed by atoms with van der Waals surface area (Å²) in [6, 6.07) is 0. The van der Waals surface area contributed by atoms with Gasteiger partial charge in [0.25, 0.3) is 0 Å². The highest BCUT2D eigenvalue weighted by atomic mass is 16.5. The first-order valence-corrected chi connectivity index (χ1v) is 3.19. The van der Waals surface area contributed by atoms with Crippen molar-refractivity contribution in [2.75, 3.05) is 6.61 Å². The van der Waals surface area contributed by atoms with E-state index in [4.69, 9.17) is 0 Å². The fourth-order valence-electron chi connectivity index (χ4n) is 0.142. The molecule has 3 heteroatoms. The van der Waals surface area contributed by atoms with Gasteiger partial charge in [-0.1, -0.05) is 0 Å². The molecule has 12 heavy (non-hydrogen) atoms. The number of hydrogen-bond acceptors (Lipinski definition) is 2. The van der Waals surface area contributed by atoms with E-state index in [2.05, 4.69) is 49.9 Å². The van der Waals surface area contributed by atoms with Gasteiger partial charge in [-0.25, -0.2) is 4.79 Å². The third kappa shape index (κ3) is 215. The Kier molecular flexibility index (Phi) is 105. The first kappa shape index (κ1) is 22.4. The predicted octanol–water partition coefficient (Wildman–Crippen LogP) is 2.51. The van der Waals surface area contributed by atoms with E-state index in [9.17, 15) is 4.79 Å². The van der Waals surface area contributed by atoms with E-state index < -0.39 is 6.09 Å². The van der Waals surface area contributed by atoms with E-state index in [1.165, 1.54) is 0 Å². The normalized spacial score (nSPS) is 4.75. The highest BCUT2D eigenvalue weighted by Crippen LogP contribution is 1.66. The smallest absolute Gasteiger partial charge is 0.404 e. The van der Waals surface area contributed by atoms with Crippen molar-refractivity contribution >= 4 is 6.09 Å². The molecule has 0 aromatic carbocycles. The summed E-state index contributed by atoms with van der Waals surface area (Å²) in [5.41, 5.74) is 4.54. The summed E-state index contributed by atoms with van der Waals surface area (Å²) in [7, 11) is 0. The van der Waals surface area contributed by atoms with Crippen molar-refractivity contribution in [1.29, 1.82) is 0 Å². The number of nitrogens with two attached hydrogens (primary N) is 1. The molecule has 0 atom stereocenters. The lowest BCUT2D eigenvalue weighted by atomic mass is 10.9. The Hall–Kier alpha value is -1.51. The molecule has 0 bridgehead atoms. The molecule has 0 saturated carbocycles. The minimum absolute atomic E-state index is 0.356. The molecule has 0 aliphatic rings. The minimum atomic E-state index is -0.711. The Balaban J connectivity index is -0.0000000453. The Morgan fingerprint density at radius 1 is 1.17 bits per heavy atom. The van der Waals surface area contributed by atoms with E-state index in [1.54, 1.807) is 6.92 Å². The van der Waals surface area contributed by atoms with Crippen LogP contribution in [0, 0.1) is 0 Å². The molecule has 0 heterocycles. The molecule has 3 nitrogen and oxygen atoms in total. The highest BCUT2D eigenvalue weighted by molar-refractivity contribution is 5.64. The Morgan fingerprint density at radius 3 is 1.42 bits per heavy atom. The Bertz CT molecular complexity index is 79.8. The zero-order valence-corrected chi connectivity index (χ0v) is 7.84. The molecule has 1 amide bonds. The van der Waals surface area contributed by atoms with Gasteiger partial charge in [-0.05, 0) is 6.92 Å². The molecule has 0 spiro atoms. The number of carbonyl (C=O) groups excluding carboxylic acids is 1. The molecule has 0 unspecified atom stereocenters. The van der Waals surface area contributed by atoms with E-state index in [0.29, 0.717) is 6.61 Å². The van der Waals surface area contributed by atoms with Crippen molar-refractivity contribution in [1.82, 2.24) is 0 Å². The van der Waals surface area contributed by atoms with Crippen molar-refractivity contribution in [3.8, 4) is 0 Å². The number of primary amides is 1. The second kappa shape index (κ2) is 56.2. The molecule has 0 aliphatic heterocycles. The van der Waals surface area contributed by atoms with Gasteiger partial charge in [0.2, 0.25) is 0 Å². The largest absolute Gasteiger partial charge is 0.450 e. The number of carbonyl (C=O) groups is 1. The van der Waals surface area contributed by atoms with Gasteiger partial charge in [0.05, 0.1) is 6.61 Å². The second-order valence-corrected chi connectivity index (χ2v) is 0.752. The third-order valence-electron chi connectivity index (χ3n) is 0.287. The molecular weight excluding hydrogens is 154 g/mol. The minimum Gasteiger partial charge on any atom is -0.450 e. The van der Waals surface area contributed by atoms with Gasteiger partial charge in [-0.2, -0.15) is 0 Å². The zero-order chi connectivity index (χ0) is 11.0. The summed E-state index contributed by atoms with van der Waals surface area (Å²) in [6.07, 6.45) is -0.711. The van der Waals surface area contributed by atoms with Crippen molar-refractivity contribution < 1.29 is 9.53 Å². The lowest BCUT2D eigenvalue weighted by Gasteiger charge is -1.89. The SMILES string of the molecule is C=C.C=C.C=C.CCOC(N)=O. The summed E-state index contributed by atoms with van der Waals surface area (Å²) in [6.45, 7) is 20.1. The van der Waals surface area contributed by atoms with Gasteiger partial charge in [0.1, 0.15) is 0 Å². The Morgan fingerprint density at radius 2 is 1.42 bits per heavy atom. The van der Waals surface area contributed by atoms with Gasteiger partial charge in [-0.3, -0.25) is 0 Å². The van der Waals surface area contributed by atoms with Gasteiger partial charge in [0.15, 0.2) is 0 Å². The van der Waals surface area contributed by atoms with Crippen LogP contribution < -0.4 is 5.73 Å². The summed E-state index contributed by atoms with van der Waals surface area (Å²) >= 11 is 0. The van der Waals surface area contributed by atoms with Crippen LogP contribution in [-0.2, 0) is 4.74 Å². The van der Waals surface area contributed by atoms with Crippen molar-refractivity contribution in [2.45, 2.75) is 6.92 Å². The molecular formula is C9H19NO2. The van der Waals surface area contributed by atoms with Crippen LogP contribution in [0.4, 0.5) is 4.79 Å². The average molecular weight is 173 g/mol. The van der Waals surface area contributed by atoms with Crippen LogP contribution in [0.2, 0.25) is 0 Å². The van der Waals surface area contributed by atoms with Crippen molar-refractivity contribution in [3.63, 3.8) is 0 Å². The topological polar surface area (TPSA) is 52.3 Å². The quantitative estimate of drug-likeness (QED) is 0.619. The first-order valence-electron chi connectivity index (χ1n) is 3.19. The molecule has 0 aliphatic carbocycles. The fourth-order valence-corrected chi connectivity index (χ4v) is 0.142. The monoisotopic (exact) mass is 173 g/mol. The first-order chi connectivity index (χ1) is 5.77. The molecule has 0 fully saturated rings. The molecule has 0 saturated heterocycles. The van der Waals surface area contributed by atoms with Crippen LogP contribution in [0.25, 0.3) is 0 Å². The van der Waals surface area contributed by atoms with E-state index in [0.717, 1.165) is 0 Å². The fraction of sp³-hybridized carbons (Fsp3) is 0.222. The van der Waals surface area contributed by atoms with Crippen molar-refractivity contribution in [2.24, 2.45) is 5.73 Å². The van der Waals surface area contributed by atoms with Gasteiger partial charge in [0, 0.05) is 0 Å². The van der Waals surface area contributed by atoms with Crippen LogP contribution in [0.15, 0.2) is 39.5 Å². The number of hydrogen-bond donors (Lipinski definition) is 1. The standard InChI is InChI=1S/C3H7NO2.3C2H4/c1-2-6-3(4)5;3*1-2/h2H2,1H3,(H2,4,5);3*1-2H2. The number of amides is 1. The number of rotatable bonds is 1. The lowest BCUT2D eigenvalue weighted by molar-refractivity contribution is 0.163. The summed E-state index contributed by atoms with van der Waals surface area (Å²) in [5.74, 6) is 0. The summed E-state index contributed by atoms with van der Waals surface area (Å²) < 4.78 is 4.18. The predicted molar refractivity (Wildman–Crippen MR) is 55.0 cm³/mol. The molecule has 0 aromatic rings. The number of ether oxygens (including phenoxy) is 1. The van der Waals surface area contributed by atoms with Crippen LogP contribution in [-0.4, -0.2) is 12.7 Å². The van der Waals surface area contributed by atoms with E-state index in [-0.39, 0.29) is 0 Å². The maximum absolute atomic E-state index is 9.60. The molecule has 2 N–H and O–H groups in total. The van der Waals surface area contributed by atoms with Crippen LogP contribution in [0.5, 0.6) is 0 Å². The maximum Gasteiger partial charge on any atom is 0.404 e. The van der Waals surface area contributed by atoms with Gasteiger partial charge >= 0.3 is 6.09 Å². The zero-order valence-electron chi connectivity index (χ0n) is 7.84. The van der Waals surface area contributed by atoms with Crippen LogP contribution in [0.3, 0.4) is 0 Å². The van der Waals surface area contributed by atoms with Crippen LogP contribution in [0.1, 0.15) is 6.92 Å². The molecule has 72 valence electrons. The molecule has 0 radical (unpaired) electrons. The maximum atomic E-state index is 9.60. The summed E-state index contributed by atoms with van der Waals surface area (Å²) in [4.78, 5) is 9.60.